The topological polar surface area (TPSA) is 47.0 Å². The molecule has 1 aliphatic rings. The molecule has 5 heteroatoms. The number of hydrogen-bond donors (Lipinski definition) is 1. The van der Waals surface area contributed by atoms with E-state index in [-0.39, 0.29) is 0 Å². The zero-order valence-corrected chi connectivity index (χ0v) is 11.5. The maximum atomic E-state index is 6.08. The lowest BCUT2D eigenvalue weighted by Crippen LogP contribution is -2.13. The first-order valence-electron chi connectivity index (χ1n) is 6.62. The average Bonchev–Trinajstić information content (AvgIpc) is 3.17. The Morgan fingerprint density at radius 1 is 1.44 bits per heavy atom. The summed E-state index contributed by atoms with van der Waals surface area (Å²) in [6.07, 6.45) is 6.07. The molecule has 0 saturated heterocycles. The van der Waals surface area contributed by atoms with Crippen LogP contribution in [0.15, 0.2) is 6.33 Å². The Morgan fingerprint density at radius 3 is 3.00 bits per heavy atom. The molecule has 1 fully saturated rings. The van der Waals surface area contributed by atoms with Crippen molar-refractivity contribution in [2.45, 2.75) is 32.6 Å². The second-order valence-electron chi connectivity index (χ2n) is 4.69. The van der Waals surface area contributed by atoms with Gasteiger partial charge in [-0.15, -0.1) is 0 Å². The number of aromatic nitrogens is 2. The molecule has 1 N–H and O–H groups in total. The molecular weight excluding hydrogens is 250 g/mol. The Morgan fingerprint density at radius 2 is 2.28 bits per heavy atom. The number of anilines is 1. The van der Waals surface area contributed by atoms with Gasteiger partial charge in [-0.1, -0.05) is 24.9 Å². The van der Waals surface area contributed by atoms with Gasteiger partial charge in [0.2, 0.25) is 0 Å². The lowest BCUT2D eigenvalue weighted by atomic mass is 10.2. The van der Waals surface area contributed by atoms with Crippen molar-refractivity contribution < 1.29 is 4.74 Å². The van der Waals surface area contributed by atoms with Gasteiger partial charge in [0.1, 0.15) is 17.3 Å². The summed E-state index contributed by atoms with van der Waals surface area (Å²) in [6, 6.07) is 0. The molecule has 0 atom stereocenters. The first-order valence-corrected chi connectivity index (χ1v) is 7.00. The molecule has 0 spiro atoms. The number of ether oxygens (including phenoxy) is 1. The number of rotatable bonds is 8. The standard InChI is InChI=1S/C13H20ClN3O/c1-2-3-11-12(14)16-9-17-13(11)15-6-7-18-8-10-4-5-10/h9-10H,2-8H2,1H3,(H,15,16,17). The molecule has 4 nitrogen and oxygen atoms in total. The van der Waals surface area contributed by atoms with E-state index in [2.05, 4.69) is 22.2 Å². The van der Waals surface area contributed by atoms with E-state index in [0.29, 0.717) is 11.8 Å². The lowest BCUT2D eigenvalue weighted by molar-refractivity contribution is 0.134. The van der Waals surface area contributed by atoms with E-state index in [1.807, 2.05) is 0 Å². The monoisotopic (exact) mass is 269 g/mol. The van der Waals surface area contributed by atoms with Gasteiger partial charge in [-0.05, 0) is 25.2 Å². The van der Waals surface area contributed by atoms with E-state index in [0.717, 1.165) is 43.3 Å². The highest BCUT2D eigenvalue weighted by molar-refractivity contribution is 6.30. The third-order valence-corrected chi connectivity index (χ3v) is 3.31. The highest BCUT2D eigenvalue weighted by atomic mass is 35.5. The number of hydrogen-bond acceptors (Lipinski definition) is 4. The Labute approximate surface area is 113 Å². The molecule has 0 aromatic carbocycles. The fourth-order valence-electron chi connectivity index (χ4n) is 1.79. The van der Waals surface area contributed by atoms with Gasteiger partial charge >= 0.3 is 0 Å². The molecule has 0 bridgehead atoms. The summed E-state index contributed by atoms with van der Waals surface area (Å²) in [6.45, 7) is 4.49. The first-order chi connectivity index (χ1) is 8.81. The average molecular weight is 270 g/mol. The van der Waals surface area contributed by atoms with Crippen LogP contribution in [0.3, 0.4) is 0 Å². The molecule has 18 heavy (non-hydrogen) atoms. The molecular formula is C13H20ClN3O. The van der Waals surface area contributed by atoms with Crippen LogP contribution in [0.4, 0.5) is 5.82 Å². The third kappa shape index (κ3) is 4.10. The summed E-state index contributed by atoms with van der Waals surface area (Å²) in [5.41, 5.74) is 1.00. The summed E-state index contributed by atoms with van der Waals surface area (Å²) in [5.74, 6) is 1.65. The summed E-state index contributed by atoms with van der Waals surface area (Å²) in [7, 11) is 0. The van der Waals surface area contributed by atoms with E-state index >= 15 is 0 Å². The minimum absolute atomic E-state index is 0.549. The second kappa shape index (κ2) is 6.90. The van der Waals surface area contributed by atoms with Crippen molar-refractivity contribution in [3.63, 3.8) is 0 Å². The summed E-state index contributed by atoms with van der Waals surface area (Å²) >= 11 is 6.08. The molecule has 0 radical (unpaired) electrons. The zero-order chi connectivity index (χ0) is 12.8. The van der Waals surface area contributed by atoms with Gasteiger partial charge < -0.3 is 10.1 Å². The molecule has 100 valence electrons. The van der Waals surface area contributed by atoms with Crippen molar-refractivity contribution in [1.82, 2.24) is 9.97 Å². The Kier molecular flexibility index (Phi) is 5.20. The van der Waals surface area contributed by atoms with Gasteiger partial charge in [0, 0.05) is 18.7 Å². The molecule has 0 unspecified atom stereocenters. The Bertz CT molecular complexity index is 382. The van der Waals surface area contributed by atoms with Gasteiger partial charge in [-0.3, -0.25) is 0 Å². The van der Waals surface area contributed by atoms with Crippen molar-refractivity contribution in [2.24, 2.45) is 5.92 Å². The largest absolute Gasteiger partial charge is 0.379 e. The van der Waals surface area contributed by atoms with E-state index in [4.69, 9.17) is 16.3 Å². The van der Waals surface area contributed by atoms with Crippen LogP contribution in [0.1, 0.15) is 31.7 Å². The smallest absolute Gasteiger partial charge is 0.137 e. The molecule has 1 aromatic rings. The molecule has 1 saturated carbocycles. The van der Waals surface area contributed by atoms with Crippen LogP contribution in [-0.4, -0.2) is 29.7 Å². The van der Waals surface area contributed by atoms with Gasteiger partial charge in [0.05, 0.1) is 6.61 Å². The maximum absolute atomic E-state index is 6.08. The molecule has 1 aromatic heterocycles. The third-order valence-electron chi connectivity index (χ3n) is 2.98. The minimum Gasteiger partial charge on any atom is -0.379 e. The maximum Gasteiger partial charge on any atom is 0.137 e. The lowest BCUT2D eigenvalue weighted by Gasteiger charge is -2.11. The van der Waals surface area contributed by atoms with Crippen molar-refractivity contribution in [2.75, 3.05) is 25.1 Å². The Balaban J connectivity index is 1.77. The SMILES string of the molecule is CCCc1c(Cl)ncnc1NCCOCC1CC1. The van der Waals surface area contributed by atoms with Crippen LogP contribution in [0, 0.1) is 5.92 Å². The van der Waals surface area contributed by atoms with E-state index < -0.39 is 0 Å². The van der Waals surface area contributed by atoms with E-state index in [1.165, 1.54) is 19.2 Å². The summed E-state index contributed by atoms with van der Waals surface area (Å²) < 4.78 is 5.57. The van der Waals surface area contributed by atoms with Gasteiger partial charge in [-0.2, -0.15) is 0 Å². The number of nitrogens with zero attached hydrogens (tertiary/aromatic N) is 2. The zero-order valence-electron chi connectivity index (χ0n) is 10.8. The minimum atomic E-state index is 0.549. The van der Waals surface area contributed by atoms with Crippen LogP contribution in [-0.2, 0) is 11.2 Å². The van der Waals surface area contributed by atoms with Crippen LogP contribution in [0.25, 0.3) is 0 Å². The van der Waals surface area contributed by atoms with Gasteiger partial charge in [-0.25, -0.2) is 9.97 Å². The predicted octanol–water partition coefficient (Wildman–Crippen LogP) is 2.92. The molecule has 2 rings (SSSR count). The number of nitrogens with one attached hydrogen (secondary N) is 1. The van der Waals surface area contributed by atoms with Crippen molar-refractivity contribution in [1.29, 1.82) is 0 Å². The normalized spacial score (nSPS) is 14.8. The van der Waals surface area contributed by atoms with Crippen LogP contribution >= 0.6 is 11.6 Å². The fourth-order valence-corrected chi connectivity index (χ4v) is 2.02. The van der Waals surface area contributed by atoms with Gasteiger partial charge in [0.25, 0.3) is 0 Å². The summed E-state index contributed by atoms with van der Waals surface area (Å²) in [5, 5.41) is 3.82. The van der Waals surface area contributed by atoms with E-state index in [1.54, 1.807) is 0 Å². The quantitative estimate of drug-likeness (QED) is 0.582. The summed E-state index contributed by atoms with van der Waals surface area (Å²) in [4.78, 5) is 8.26. The first kappa shape index (κ1) is 13.6. The van der Waals surface area contributed by atoms with Gasteiger partial charge in [0.15, 0.2) is 0 Å². The number of halogens is 1. The van der Waals surface area contributed by atoms with Crippen LogP contribution < -0.4 is 5.32 Å². The highest BCUT2D eigenvalue weighted by Gasteiger charge is 2.20. The van der Waals surface area contributed by atoms with Crippen LogP contribution in [0.5, 0.6) is 0 Å². The van der Waals surface area contributed by atoms with Crippen molar-refractivity contribution in [3.05, 3.63) is 17.0 Å². The fraction of sp³-hybridized carbons (Fsp3) is 0.692. The van der Waals surface area contributed by atoms with Crippen LogP contribution in [0.2, 0.25) is 5.15 Å². The molecule has 1 aliphatic carbocycles. The van der Waals surface area contributed by atoms with Crippen molar-refractivity contribution >= 4 is 17.4 Å². The predicted molar refractivity (Wildman–Crippen MR) is 73.1 cm³/mol. The molecule has 1 heterocycles. The molecule has 0 amide bonds. The highest BCUT2D eigenvalue weighted by Crippen LogP contribution is 2.28. The second-order valence-corrected chi connectivity index (χ2v) is 5.04. The molecule has 0 aliphatic heterocycles. The van der Waals surface area contributed by atoms with E-state index in [9.17, 15) is 0 Å². The Hall–Kier alpha value is -0.870. The van der Waals surface area contributed by atoms with Crippen molar-refractivity contribution in [3.8, 4) is 0 Å².